The van der Waals surface area contributed by atoms with E-state index in [1.165, 1.54) is 17.5 Å². The molecule has 2 aliphatic rings. The summed E-state index contributed by atoms with van der Waals surface area (Å²) < 4.78 is 0. The first-order chi connectivity index (χ1) is 9.14. The Labute approximate surface area is 114 Å². The van der Waals surface area contributed by atoms with Crippen molar-refractivity contribution in [1.29, 1.82) is 0 Å². The summed E-state index contributed by atoms with van der Waals surface area (Å²) in [6.45, 7) is 2.21. The molecule has 0 saturated heterocycles. The second-order valence-electron chi connectivity index (χ2n) is 6.09. The van der Waals surface area contributed by atoms with Crippen LogP contribution in [0.15, 0.2) is 24.3 Å². The maximum Gasteiger partial charge on any atom is 0.241 e. The maximum absolute atomic E-state index is 12.6. The average molecular weight is 258 g/mol. The zero-order valence-corrected chi connectivity index (χ0v) is 11.7. The fourth-order valence-electron chi connectivity index (χ4n) is 3.25. The summed E-state index contributed by atoms with van der Waals surface area (Å²) >= 11 is 0. The van der Waals surface area contributed by atoms with Crippen LogP contribution in [0.1, 0.15) is 30.9 Å². The molecule has 0 bridgehead atoms. The summed E-state index contributed by atoms with van der Waals surface area (Å²) in [5.41, 5.74) is 2.15. The van der Waals surface area contributed by atoms with E-state index >= 15 is 0 Å². The fraction of sp³-hybridized carbons (Fsp3) is 0.562. The van der Waals surface area contributed by atoms with Gasteiger partial charge in [0.1, 0.15) is 5.54 Å². The molecule has 3 heteroatoms. The second-order valence-corrected chi connectivity index (χ2v) is 6.09. The minimum atomic E-state index is -0.445. The molecule has 102 valence electrons. The molecule has 0 aliphatic heterocycles. The Bertz CT molecular complexity index is 472. The Morgan fingerprint density at radius 1 is 1.21 bits per heavy atom. The first kappa shape index (κ1) is 12.7. The van der Waals surface area contributed by atoms with Gasteiger partial charge in [0.15, 0.2) is 0 Å². The van der Waals surface area contributed by atoms with Crippen molar-refractivity contribution in [3.8, 4) is 0 Å². The summed E-state index contributed by atoms with van der Waals surface area (Å²) in [5.74, 6) is 0.796. The van der Waals surface area contributed by atoms with E-state index in [2.05, 4.69) is 41.8 Å². The average Bonchev–Trinajstić information content (AvgIpc) is 2.82. The number of likely N-dealkylation sites (N-methyl/N-ethyl adjacent to an activating group) is 1. The molecule has 2 unspecified atom stereocenters. The van der Waals surface area contributed by atoms with Gasteiger partial charge >= 0.3 is 0 Å². The summed E-state index contributed by atoms with van der Waals surface area (Å²) in [5, 5.41) is 6.51. The summed E-state index contributed by atoms with van der Waals surface area (Å²) in [6.07, 6.45) is 3.95. The van der Waals surface area contributed by atoms with Crippen LogP contribution in [0.4, 0.5) is 0 Å². The molecule has 1 aromatic carbocycles. The van der Waals surface area contributed by atoms with Crippen LogP contribution in [0.3, 0.4) is 0 Å². The predicted octanol–water partition coefficient (Wildman–Crippen LogP) is 1.66. The van der Waals surface area contributed by atoms with Gasteiger partial charge in [-0.1, -0.05) is 31.2 Å². The molecule has 3 nitrogen and oxygen atoms in total. The van der Waals surface area contributed by atoms with E-state index in [0.717, 1.165) is 19.3 Å². The molecule has 0 radical (unpaired) electrons. The molecule has 2 atom stereocenters. The van der Waals surface area contributed by atoms with Crippen LogP contribution < -0.4 is 10.6 Å². The van der Waals surface area contributed by atoms with Crippen molar-refractivity contribution in [2.75, 3.05) is 7.05 Å². The highest BCUT2D eigenvalue weighted by Gasteiger charge is 2.44. The minimum Gasteiger partial charge on any atom is -0.351 e. The largest absolute Gasteiger partial charge is 0.351 e. The standard InChI is InChI=1S/C16H22N2O/c1-11-7-8-14(11)18-15(19)16(17-2)9-12-5-3-4-6-13(12)10-16/h3-6,11,14,17H,7-10H2,1-2H3,(H,18,19). The van der Waals surface area contributed by atoms with E-state index in [4.69, 9.17) is 0 Å². The van der Waals surface area contributed by atoms with Gasteiger partial charge in [-0.25, -0.2) is 0 Å². The van der Waals surface area contributed by atoms with Gasteiger partial charge in [0.2, 0.25) is 5.91 Å². The number of nitrogens with one attached hydrogen (secondary N) is 2. The van der Waals surface area contributed by atoms with E-state index in [0.29, 0.717) is 12.0 Å². The molecule has 0 heterocycles. The quantitative estimate of drug-likeness (QED) is 0.865. The lowest BCUT2D eigenvalue weighted by Gasteiger charge is -2.38. The highest BCUT2D eigenvalue weighted by Crippen LogP contribution is 2.32. The molecular weight excluding hydrogens is 236 g/mol. The zero-order chi connectivity index (χ0) is 13.5. The van der Waals surface area contributed by atoms with Gasteiger partial charge in [0.25, 0.3) is 0 Å². The van der Waals surface area contributed by atoms with Crippen molar-refractivity contribution in [1.82, 2.24) is 10.6 Å². The van der Waals surface area contributed by atoms with Gasteiger partial charge < -0.3 is 10.6 Å². The SMILES string of the molecule is CNC1(C(=O)NC2CCC2C)Cc2ccccc2C1. The Kier molecular flexibility index (Phi) is 3.09. The lowest BCUT2D eigenvalue weighted by Crippen LogP contribution is -2.60. The first-order valence-corrected chi connectivity index (χ1v) is 7.21. The number of amides is 1. The Balaban J connectivity index is 1.76. The molecule has 0 aromatic heterocycles. The van der Waals surface area contributed by atoms with Crippen LogP contribution in [-0.4, -0.2) is 24.5 Å². The Hall–Kier alpha value is -1.35. The summed E-state index contributed by atoms with van der Waals surface area (Å²) in [6, 6.07) is 8.75. The van der Waals surface area contributed by atoms with Gasteiger partial charge in [0, 0.05) is 18.9 Å². The first-order valence-electron chi connectivity index (χ1n) is 7.21. The Morgan fingerprint density at radius 2 is 1.84 bits per heavy atom. The number of fused-ring (bicyclic) bond motifs is 1. The van der Waals surface area contributed by atoms with Crippen LogP contribution in [-0.2, 0) is 17.6 Å². The molecule has 0 spiro atoms. The van der Waals surface area contributed by atoms with E-state index in [1.807, 2.05) is 7.05 Å². The molecule has 1 amide bonds. The molecule has 3 rings (SSSR count). The predicted molar refractivity (Wildman–Crippen MR) is 76.0 cm³/mol. The van der Waals surface area contributed by atoms with Crippen molar-refractivity contribution >= 4 is 5.91 Å². The molecule has 2 aliphatic carbocycles. The molecule has 19 heavy (non-hydrogen) atoms. The Morgan fingerprint density at radius 3 is 2.26 bits per heavy atom. The molecular formula is C16H22N2O. The van der Waals surface area contributed by atoms with Gasteiger partial charge in [0.05, 0.1) is 0 Å². The highest BCUT2D eigenvalue weighted by molar-refractivity contribution is 5.88. The van der Waals surface area contributed by atoms with Crippen molar-refractivity contribution in [2.45, 2.75) is 44.2 Å². The van der Waals surface area contributed by atoms with Crippen molar-refractivity contribution in [3.05, 3.63) is 35.4 Å². The van der Waals surface area contributed by atoms with Gasteiger partial charge in [-0.15, -0.1) is 0 Å². The zero-order valence-electron chi connectivity index (χ0n) is 11.7. The van der Waals surface area contributed by atoms with Gasteiger partial charge in [-0.2, -0.15) is 0 Å². The van der Waals surface area contributed by atoms with Crippen molar-refractivity contribution in [2.24, 2.45) is 5.92 Å². The molecule has 1 saturated carbocycles. The van der Waals surface area contributed by atoms with Gasteiger partial charge in [-0.3, -0.25) is 4.79 Å². The number of hydrogen-bond acceptors (Lipinski definition) is 2. The lowest BCUT2D eigenvalue weighted by atomic mass is 9.80. The van der Waals surface area contributed by atoms with Crippen molar-refractivity contribution < 1.29 is 4.79 Å². The smallest absolute Gasteiger partial charge is 0.241 e. The number of rotatable bonds is 3. The van der Waals surface area contributed by atoms with E-state index in [9.17, 15) is 4.79 Å². The highest BCUT2D eigenvalue weighted by atomic mass is 16.2. The lowest BCUT2D eigenvalue weighted by molar-refractivity contribution is -0.129. The van der Waals surface area contributed by atoms with Crippen LogP contribution >= 0.6 is 0 Å². The van der Waals surface area contributed by atoms with E-state index in [1.54, 1.807) is 0 Å². The number of benzene rings is 1. The van der Waals surface area contributed by atoms with Crippen LogP contribution in [0, 0.1) is 5.92 Å². The molecule has 1 aromatic rings. The number of hydrogen-bond donors (Lipinski definition) is 2. The van der Waals surface area contributed by atoms with Crippen LogP contribution in [0.25, 0.3) is 0 Å². The number of carbonyl (C=O) groups excluding carboxylic acids is 1. The second kappa shape index (κ2) is 4.64. The van der Waals surface area contributed by atoms with E-state index in [-0.39, 0.29) is 5.91 Å². The number of carbonyl (C=O) groups is 1. The monoisotopic (exact) mass is 258 g/mol. The summed E-state index contributed by atoms with van der Waals surface area (Å²) in [7, 11) is 1.90. The van der Waals surface area contributed by atoms with Crippen LogP contribution in [0.2, 0.25) is 0 Å². The van der Waals surface area contributed by atoms with Crippen molar-refractivity contribution in [3.63, 3.8) is 0 Å². The molecule has 2 N–H and O–H groups in total. The maximum atomic E-state index is 12.6. The van der Waals surface area contributed by atoms with E-state index < -0.39 is 5.54 Å². The normalized spacial score (nSPS) is 27.5. The minimum absolute atomic E-state index is 0.169. The van der Waals surface area contributed by atoms with Crippen LogP contribution in [0.5, 0.6) is 0 Å². The molecule has 1 fully saturated rings. The van der Waals surface area contributed by atoms with Gasteiger partial charge in [-0.05, 0) is 36.9 Å². The topological polar surface area (TPSA) is 41.1 Å². The third-order valence-electron chi connectivity index (χ3n) is 4.95. The third-order valence-corrected chi connectivity index (χ3v) is 4.95. The fourth-order valence-corrected chi connectivity index (χ4v) is 3.25. The summed E-state index contributed by atoms with van der Waals surface area (Å²) in [4.78, 5) is 12.6. The third kappa shape index (κ3) is 2.06.